The number of hydrogen-bond acceptors (Lipinski definition) is 4. The lowest BCUT2D eigenvalue weighted by atomic mass is 10.1. The first-order valence-electron chi connectivity index (χ1n) is 5.89. The number of nitro benzene ring substituents is 1. The molecule has 1 fully saturated rings. The Morgan fingerprint density at radius 1 is 1.40 bits per heavy atom. The molecule has 1 aliphatic heterocycles. The van der Waals surface area contributed by atoms with E-state index in [1.54, 1.807) is 0 Å². The van der Waals surface area contributed by atoms with Crippen molar-refractivity contribution >= 4 is 29.2 Å². The summed E-state index contributed by atoms with van der Waals surface area (Å²) in [5.74, 6) is -1.63. The molecule has 0 aromatic heterocycles. The molecule has 0 aliphatic carbocycles. The van der Waals surface area contributed by atoms with Crippen molar-refractivity contribution in [1.82, 2.24) is 4.90 Å². The van der Waals surface area contributed by atoms with Crippen LogP contribution in [0.15, 0.2) is 18.2 Å². The first kappa shape index (κ1) is 14.3. The number of rotatable bonds is 3. The van der Waals surface area contributed by atoms with E-state index >= 15 is 0 Å². The monoisotopic (exact) mass is 298 g/mol. The van der Waals surface area contributed by atoms with Gasteiger partial charge in [0.15, 0.2) is 0 Å². The van der Waals surface area contributed by atoms with Gasteiger partial charge in [0.2, 0.25) is 0 Å². The van der Waals surface area contributed by atoms with Crippen molar-refractivity contribution in [2.75, 3.05) is 6.54 Å². The summed E-state index contributed by atoms with van der Waals surface area (Å²) in [7, 11) is 0. The van der Waals surface area contributed by atoms with E-state index in [0.717, 1.165) is 12.1 Å². The lowest BCUT2D eigenvalue weighted by Crippen LogP contribution is -2.40. The molecular weight excluding hydrogens is 288 g/mol. The number of hydrogen-bond donors (Lipinski definition) is 1. The van der Waals surface area contributed by atoms with Crippen molar-refractivity contribution < 1.29 is 19.6 Å². The van der Waals surface area contributed by atoms with E-state index in [1.165, 1.54) is 11.0 Å². The summed E-state index contributed by atoms with van der Waals surface area (Å²) < 4.78 is 0. The summed E-state index contributed by atoms with van der Waals surface area (Å²) in [6, 6.07) is 2.65. The number of carboxylic acid groups (broad SMARTS) is 1. The van der Waals surface area contributed by atoms with Gasteiger partial charge in [-0.2, -0.15) is 0 Å². The van der Waals surface area contributed by atoms with Gasteiger partial charge in [-0.25, -0.2) is 4.79 Å². The molecule has 0 radical (unpaired) electrons. The Morgan fingerprint density at radius 2 is 2.10 bits per heavy atom. The predicted octanol–water partition coefficient (Wildman–Crippen LogP) is 1.94. The molecule has 1 aromatic rings. The first-order valence-corrected chi connectivity index (χ1v) is 6.26. The Labute approximate surface area is 118 Å². The van der Waals surface area contributed by atoms with Gasteiger partial charge in [0, 0.05) is 29.3 Å². The number of nitro groups is 1. The summed E-state index contributed by atoms with van der Waals surface area (Å²) in [5.41, 5.74) is -0.274. The summed E-state index contributed by atoms with van der Waals surface area (Å²) in [6.07, 6.45) is 0.967. The number of non-ortho nitro benzene ring substituents is 1. The zero-order valence-corrected chi connectivity index (χ0v) is 11.0. The second-order valence-corrected chi connectivity index (χ2v) is 4.89. The van der Waals surface area contributed by atoms with Gasteiger partial charge in [-0.15, -0.1) is 0 Å². The molecule has 20 heavy (non-hydrogen) atoms. The molecule has 1 saturated heterocycles. The minimum Gasteiger partial charge on any atom is -0.480 e. The molecule has 1 N–H and O–H groups in total. The number of likely N-dealkylation sites (tertiary alicyclic amines) is 1. The highest BCUT2D eigenvalue weighted by molar-refractivity contribution is 6.31. The van der Waals surface area contributed by atoms with Crippen LogP contribution in [0.4, 0.5) is 5.69 Å². The highest BCUT2D eigenvalue weighted by Crippen LogP contribution is 2.25. The minimum atomic E-state index is -1.08. The van der Waals surface area contributed by atoms with Gasteiger partial charge in [-0.1, -0.05) is 11.6 Å². The summed E-state index contributed by atoms with van der Waals surface area (Å²) >= 11 is 5.75. The maximum Gasteiger partial charge on any atom is 0.326 e. The third-order valence-corrected chi connectivity index (χ3v) is 3.36. The van der Waals surface area contributed by atoms with E-state index < -0.39 is 22.8 Å². The maximum absolute atomic E-state index is 12.3. The highest BCUT2D eigenvalue weighted by Gasteiger charge is 2.34. The fourth-order valence-corrected chi connectivity index (χ4v) is 2.46. The van der Waals surface area contributed by atoms with Crippen molar-refractivity contribution in [2.24, 2.45) is 0 Å². The first-order chi connectivity index (χ1) is 9.40. The fourth-order valence-electron chi connectivity index (χ4n) is 2.24. The number of benzene rings is 1. The van der Waals surface area contributed by atoms with Crippen LogP contribution < -0.4 is 0 Å². The lowest BCUT2D eigenvalue weighted by Gasteiger charge is -2.21. The number of carboxylic acids is 1. The van der Waals surface area contributed by atoms with Gasteiger partial charge in [-0.05, 0) is 18.9 Å². The van der Waals surface area contributed by atoms with Gasteiger partial charge in [0.05, 0.1) is 4.92 Å². The molecule has 7 nitrogen and oxygen atoms in total. The lowest BCUT2D eigenvalue weighted by molar-refractivity contribution is -0.384. The Bertz CT molecular complexity index is 589. The van der Waals surface area contributed by atoms with Crippen molar-refractivity contribution in [2.45, 2.75) is 18.9 Å². The molecule has 1 heterocycles. The third kappa shape index (κ3) is 2.72. The second kappa shape index (κ2) is 5.46. The molecule has 1 amide bonds. The zero-order chi connectivity index (χ0) is 14.9. The highest BCUT2D eigenvalue weighted by atomic mass is 35.5. The molecule has 106 valence electrons. The predicted molar refractivity (Wildman–Crippen MR) is 69.8 cm³/mol. The van der Waals surface area contributed by atoms with Crippen molar-refractivity contribution in [1.29, 1.82) is 0 Å². The molecule has 1 aromatic carbocycles. The normalized spacial score (nSPS) is 18.1. The number of carbonyl (C=O) groups excluding carboxylic acids is 1. The Hall–Kier alpha value is -2.15. The Balaban J connectivity index is 2.33. The zero-order valence-electron chi connectivity index (χ0n) is 10.3. The van der Waals surface area contributed by atoms with E-state index in [0.29, 0.717) is 19.4 Å². The van der Waals surface area contributed by atoms with Gasteiger partial charge in [-0.3, -0.25) is 14.9 Å². The Kier molecular flexibility index (Phi) is 3.89. The van der Waals surface area contributed by atoms with Crippen LogP contribution in [0.1, 0.15) is 23.2 Å². The molecule has 0 spiro atoms. The molecule has 1 aliphatic rings. The number of halogens is 1. The SMILES string of the molecule is O=C(O)[C@H]1CCCN1C(=O)c1cc(Cl)cc([N+](=O)[O-])c1. The van der Waals surface area contributed by atoms with Crippen molar-refractivity contribution in [3.8, 4) is 0 Å². The van der Waals surface area contributed by atoms with Crippen LogP contribution in [0.2, 0.25) is 5.02 Å². The van der Waals surface area contributed by atoms with E-state index in [-0.39, 0.29) is 16.3 Å². The molecule has 1 atom stereocenters. The topological polar surface area (TPSA) is 101 Å². The number of nitrogens with zero attached hydrogens (tertiary/aromatic N) is 2. The molecule has 0 bridgehead atoms. The summed E-state index contributed by atoms with van der Waals surface area (Å²) in [6.45, 7) is 0.316. The van der Waals surface area contributed by atoms with Crippen LogP contribution in [0, 0.1) is 10.1 Å². The smallest absolute Gasteiger partial charge is 0.326 e. The van der Waals surface area contributed by atoms with Crippen LogP contribution in [0.5, 0.6) is 0 Å². The minimum absolute atomic E-state index is 0.0253. The fraction of sp³-hybridized carbons (Fsp3) is 0.333. The average molecular weight is 299 g/mol. The van der Waals surface area contributed by atoms with Crippen molar-refractivity contribution in [3.63, 3.8) is 0 Å². The quantitative estimate of drug-likeness (QED) is 0.679. The van der Waals surface area contributed by atoms with E-state index in [9.17, 15) is 19.7 Å². The largest absolute Gasteiger partial charge is 0.480 e. The maximum atomic E-state index is 12.3. The van der Waals surface area contributed by atoms with Crippen LogP contribution in [-0.4, -0.2) is 39.4 Å². The number of carbonyl (C=O) groups is 2. The van der Waals surface area contributed by atoms with Gasteiger partial charge in [0.1, 0.15) is 6.04 Å². The Morgan fingerprint density at radius 3 is 2.70 bits per heavy atom. The van der Waals surface area contributed by atoms with Gasteiger partial charge >= 0.3 is 5.97 Å². The standard InChI is InChI=1S/C12H11ClN2O5/c13-8-4-7(5-9(6-8)15(19)20)11(16)14-3-1-2-10(14)12(17)18/h4-6,10H,1-3H2,(H,17,18)/t10-/m1/s1. The van der Waals surface area contributed by atoms with Crippen molar-refractivity contribution in [3.05, 3.63) is 38.9 Å². The van der Waals surface area contributed by atoms with Gasteiger partial charge in [0.25, 0.3) is 11.6 Å². The van der Waals surface area contributed by atoms with E-state index in [2.05, 4.69) is 0 Å². The molecule has 0 unspecified atom stereocenters. The molecular formula is C12H11ClN2O5. The van der Waals surface area contributed by atoms with Crippen LogP contribution >= 0.6 is 11.6 Å². The van der Waals surface area contributed by atoms with E-state index in [1.807, 2.05) is 0 Å². The molecule has 2 rings (SSSR count). The summed E-state index contributed by atoms with van der Waals surface area (Å²) in [5, 5.41) is 19.9. The van der Waals surface area contributed by atoms with Crippen LogP contribution in [0.25, 0.3) is 0 Å². The third-order valence-electron chi connectivity index (χ3n) is 3.14. The second-order valence-electron chi connectivity index (χ2n) is 4.45. The van der Waals surface area contributed by atoms with Crippen LogP contribution in [-0.2, 0) is 4.79 Å². The molecule has 0 saturated carbocycles. The van der Waals surface area contributed by atoms with Crippen LogP contribution in [0.3, 0.4) is 0 Å². The average Bonchev–Trinajstić information content (AvgIpc) is 2.86. The number of aliphatic carboxylic acids is 1. The number of amides is 1. The van der Waals surface area contributed by atoms with E-state index in [4.69, 9.17) is 16.7 Å². The molecule has 8 heteroatoms. The summed E-state index contributed by atoms with van der Waals surface area (Å²) in [4.78, 5) is 34.6. The van der Waals surface area contributed by atoms with Gasteiger partial charge < -0.3 is 10.0 Å².